The number of aromatic nitrogens is 2. The molecule has 0 aliphatic carbocycles. The Morgan fingerprint density at radius 3 is 2.61 bits per heavy atom. The maximum atomic E-state index is 12.5. The van der Waals surface area contributed by atoms with E-state index >= 15 is 0 Å². The highest BCUT2D eigenvalue weighted by Gasteiger charge is 2.14. The topological polar surface area (TPSA) is 54.9 Å². The molecule has 1 N–H and O–H groups in total. The van der Waals surface area contributed by atoms with Gasteiger partial charge in [-0.25, -0.2) is 9.97 Å². The fraction of sp³-hybridized carbons (Fsp3) is 0. The minimum atomic E-state index is -0.239. The summed E-state index contributed by atoms with van der Waals surface area (Å²) < 4.78 is 0. The van der Waals surface area contributed by atoms with Crippen LogP contribution in [0.15, 0.2) is 70.1 Å². The Hall–Kier alpha value is -2.87. The van der Waals surface area contributed by atoms with E-state index in [1.165, 1.54) is 33.4 Å². The Kier molecular flexibility index (Phi) is 4.48. The van der Waals surface area contributed by atoms with Gasteiger partial charge in [-0.15, -0.1) is 22.7 Å². The smallest absolute Gasteiger partial charge is 0.276 e. The third-order valence-corrected chi connectivity index (χ3v) is 6.61. The molecule has 3 aromatic heterocycles. The first kappa shape index (κ1) is 17.2. The standard InChI is InChI=1S/C21H13N3OS3/c25-19(18-12-27-20(22-18)16-7-8-26-10-16)24-21-23-17(11-28-21)15-6-5-13-3-1-2-4-14(13)9-15/h1-12H,(H,23,24,25). The normalized spacial score (nSPS) is 11.0. The first-order valence-corrected chi connectivity index (χ1v) is 11.2. The van der Waals surface area contributed by atoms with Gasteiger partial charge in [0.2, 0.25) is 0 Å². The molecular weight excluding hydrogens is 406 g/mol. The lowest BCUT2D eigenvalue weighted by Gasteiger charge is -2.01. The summed E-state index contributed by atoms with van der Waals surface area (Å²) in [6.45, 7) is 0. The highest BCUT2D eigenvalue weighted by molar-refractivity contribution is 7.14. The molecule has 0 fully saturated rings. The molecule has 4 nitrogen and oxygen atoms in total. The lowest BCUT2D eigenvalue weighted by molar-refractivity contribution is 0.102. The second-order valence-electron chi connectivity index (χ2n) is 6.10. The third-order valence-electron chi connectivity index (χ3n) is 4.27. The number of hydrogen-bond donors (Lipinski definition) is 1. The number of carbonyl (C=O) groups is 1. The van der Waals surface area contributed by atoms with Crippen molar-refractivity contribution in [1.29, 1.82) is 0 Å². The van der Waals surface area contributed by atoms with Gasteiger partial charge in [-0.3, -0.25) is 10.1 Å². The molecule has 0 unspecified atom stereocenters. The van der Waals surface area contributed by atoms with Crippen LogP contribution in [0, 0.1) is 0 Å². The zero-order chi connectivity index (χ0) is 18.9. The Labute approximate surface area is 173 Å². The van der Waals surface area contributed by atoms with Crippen LogP contribution in [-0.4, -0.2) is 15.9 Å². The van der Waals surface area contributed by atoms with Crippen molar-refractivity contribution in [3.8, 4) is 21.8 Å². The number of hydrogen-bond acceptors (Lipinski definition) is 6. The van der Waals surface area contributed by atoms with Crippen LogP contribution in [0.1, 0.15) is 10.5 Å². The van der Waals surface area contributed by atoms with Gasteiger partial charge in [0.1, 0.15) is 10.7 Å². The fourth-order valence-electron chi connectivity index (χ4n) is 2.87. The van der Waals surface area contributed by atoms with Gasteiger partial charge in [0.15, 0.2) is 5.13 Å². The second-order valence-corrected chi connectivity index (χ2v) is 8.60. The molecule has 5 rings (SSSR count). The van der Waals surface area contributed by atoms with Crippen LogP contribution in [0.4, 0.5) is 5.13 Å². The molecule has 28 heavy (non-hydrogen) atoms. The molecule has 0 aliphatic heterocycles. The van der Waals surface area contributed by atoms with Gasteiger partial charge in [0.25, 0.3) is 5.91 Å². The Bertz CT molecular complexity index is 1270. The number of benzene rings is 2. The van der Waals surface area contributed by atoms with E-state index in [4.69, 9.17) is 0 Å². The van der Waals surface area contributed by atoms with E-state index in [9.17, 15) is 4.79 Å². The summed E-state index contributed by atoms with van der Waals surface area (Å²) in [5, 5.41) is 14.4. The Morgan fingerprint density at radius 1 is 0.857 bits per heavy atom. The molecule has 0 radical (unpaired) electrons. The van der Waals surface area contributed by atoms with Crippen molar-refractivity contribution >= 4 is 55.8 Å². The van der Waals surface area contributed by atoms with E-state index in [-0.39, 0.29) is 5.91 Å². The van der Waals surface area contributed by atoms with Crippen molar-refractivity contribution in [1.82, 2.24) is 9.97 Å². The van der Waals surface area contributed by atoms with Gasteiger partial charge >= 0.3 is 0 Å². The SMILES string of the molecule is O=C(Nc1nc(-c2ccc3ccccc3c2)cs1)c1csc(-c2ccsc2)n1. The summed E-state index contributed by atoms with van der Waals surface area (Å²) in [6.07, 6.45) is 0. The molecule has 0 saturated carbocycles. The third kappa shape index (κ3) is 3.35. The molecule has 7 heteroatoms. The van der Waals surface area contributed by atoms with Crippen molar-refractivity contribution in [2.24, 2.45) is 0 Å². The monoisotopic (exact) mass is 419 g/mol. The van der Waals surface area contributed by atoms with Crippen LogP contribution >= 0.6 is 34.0 Å². The average Bonchev–Trinajstić information content (AvgIpc) is 3.48. The summed E-state index contributed by atoms with van der Waals surface area (Å²) in [5.74, 6) is -0.239. The summed E-state index contributed by atoms with van der Waals surface area (Å²) in [6, 6.07) is 16.5. The molecule has 2 aromatic carbocycles. The summed E-state index contributed by atoms with van der Waals surface area (Å²) in [7, 11) is 0. The lowest BCUT2D eigenvalue weighted by Crippen LogP contribution is -2.12. The Balaban J connectivity index is 1.35. The van der Waals surface area contributed by atoms with Crippen molar-refractivity contribution in [3.05, 3.63) is 75.7 Å². The molecule has 0 spiro atoms. The summed E-state index contributed by atoms with van der Waals surface area (Å²) in [4.78, 5) is 21.5. The first-order chi connectivity index (χ1) is 13.8. The number of amides is 1. The quantitative estimate of drug-likeness (QED) is 0.367. The van der Waals surface area contributed by atoms with Gasteiger partial charge in [0.05, 0.1) is 5.69 Å². The van der Waals surface area contributed by atoms with Crippen molar-refractivity contribution in [2.45, 2.75) is 0 Å². The molecule has 0 atom stereocenters. The number of carbonyl (C=O) groups excluding carboxylic acids is 1. The molecule has 1 amide bonds. The zero-order valence-electron chi connectivity index (χ0n) is 14.5. The van der Waals surface area contributed by atoms with E-state index in [0.29, 0.717) is 10.8 Å². The van der Waals surface area contributed by atoms with Gasteiger partial charge < -0.3 is 0 Å². The van der Waals surface area contributed by atoms with Crippen molar-refractivity contribution in [2.75, 3.05) is 5.32 Å². The number of thiophene rings is 1. The number of nitrogens with one attached hydrogen (secondary N) is 1. The van der Waals surface area contributed by atoms with E-state index in [1.807, 2.05) is 34.3 Å². The van der Waals surface area contributed by atoms with Gasteiger partial charge in [-0.2, -0.15) is 11.3 Å². The first-order valence-electron chi connectivity index (χ1n) is 8.50. The van der Waals surface area contributed by atoms with E-state index in [2.05, 4.69) is 45.6 Å². The van der Waals surface area contributed by atoms with E-state index < -0.39 is 0 Å². The molecule has 136 valence electrons. The van der Waals surface area contributed by atoms with Crippen molar-refractivity contribution in [3.63, 3.8) is 0 Å². The van der Waals surface area contributed by atoms with Crippen LogP contribution in [0.2, 0.25) is 0 Å². The average molecular weight is 420 g/mol. The van der Waals surface area contributed by atoms with Crippen LogP contribution in [0.25, 0.3) is 32.6 Å². The molecular formula is C21H13N3OS3. The maximum Gasteiger partial charge on any atom is 0.276 e. The molecule has 0 aliphatic rings. The number of thiazole rings is 2. The van der Waals surface area contributed by atoms with Gasteiger partial charge in [0, 0.05) is 27.3 Å². The molecule has 3 heterocycles. The van der Waals surface area contributed by atoms with Crippen LogP contribution in [0.3, 0.4) is 0 Å². The van der Waals surface area contributed by atoms with Crippen LogP contribution in [0.5, 0.6) is 0 Å². The Morgan fingerprint density at radius 2 is 1.75 bits per heavy atom. The van der Waals surface area contributed by atoms with E-state index in [0.717, 1.165) is 21.8 Å². The molecule has 0 bridgehead atoms. The number of anilines is 1. The summed E-state index contributed by atoms with van der Waals surface area (Å²) in [5.41, 5.74) is 3.34. The predicted octanol–water partition coefficient (Wildman–Crippen LogP) is 6.40. The zero-order valence-corrected chi connectivity index (χ0v) is 16.9. The van der Waals surface area contributed by atoms with Crippen LogP contribution < -0.4 is 5.32 Å². The summed E-state index contributed by atoms with van der Waals surface area (Å²) >= 11 is 4.49. The minimum absolute atomic E-state index is 0.239. The number of fused-ring (bicyclic) bond motifs is 1. The second kappa shape index (κ2) is 7.27. The largest absolute Gasteiger partial charge is 0.296 e. The van der Waals surface area contributed by atoms with Crippen LogP contribution in [-0.2, 0) is 0 Å². The van der Waals surface area contributed by atoms with E-state index in [1.54, 1.807) is 16.7 Å². The maximum absolute atomic E-state index is 12.5. The minimum Gasteiger partial charge on any atom is -0.296 e. The van der Waals surface area contributed by atoms with Gasteiger partial charge in [-0.05, 0) is 28.3 Å². The number of rotatable bonds is 4. The van der Waals surface area contributed by atoms with Crippen molar-refractivity contribution < 1.29 is 4.79 Å². The van der Waals surface area contributed by atoms with Gasteiger partial charge in [-0.1, -0.05) is 36.4 Å². The fourth-order valence-corrected chi connectivity index (χ4v) is 5.10. The predicted molar refractivity (Wildman–Crippen MR) is 118 cm³/mol. The highest BCUT2D eigenvalue weighted by Crippen LogP contribution is 2.29. The lowest BCUT2D eigenvalue weighted by atomic mass is 10.1. The molecule has 5 aromatic rings. The molecule has 0 saturated heterocycles. The highest BCUT2D eigenvalue weighted by atomic mass is 32.1. The number of nitrogens with zero attached hydrogens (tertiary/aromatic N) is 2.